The summed E-state index contributed by atoms with van der Waals surface area (Å²) < 4.78 is 0. The molecule has 0 bridgehead atoms. The first-order valence-electron chi connectivity index (χ1n) is 9.33. The highest BCUT2D eigenvalue weighted by Gasteiger charge is 2.18. The van der Waals surface area contributed by atoms with Crippen LogP contribution in [-0.2, 0) is 4.79 Å². The SMILES string of the molecule is Nc1ncnc(N)c1C#Cc1cccc(NC(=O)NCCCN2CCCC2=O)c1. The number of anilines is 3. The number of urea groups is 1. The minimum absolute atomic E-state index is 0.193. The lowest BCUT2D eigenvalue weighted by Crippen LogP contribution is -2.33. The van der Waals surface area contributed by atoms with Crippen molar-refractivity contribution in [3.8, 4) is 11.8 Å². The summed E-state index contributed by atoms with van der Waals surface area (Å²) in [5.41, 5.74) is 13.2. The molecule has 0 atom stereocenters. The number of likely N-dealkylation sites (tertiary alicyclic amines) is 1. The molecule has 0 aliphatic carbocycles. The molecule has 3 amide bonds. The summed E-state index contributed by atoms with van der Waals surface area (Å²) >= 11 is 0. The molecule has 0 spiro atoms. The zero-order valence-corrected chi connectivity index (χ0v) is 15.9. The molecule has 1 saturated heterocycles. The van der Waals surface area contributed by atoms with Crippen LogP contribution in [-0.4, -0.2) is 46.4 Å². The van der Waals surface area contributed by atoms with Gasteiger partial charge in [0.05, 0.1) is 0 Å². The first-order chi connectivity index (χ1) is 14.0. The maximum Gasteiger partial charge on any atom is 0.319 e. The second-order valence-electron chi connectivity index (χ2n) is 6.57. The van der Waals surface area contributed by atoms with Gasteiger partial charge in [0, 0.05) is 37.3 Å². The standard InChI is InChI=1S/C20H23N7O2/c21-18-16(19(22)25-13-24-18)8-7-14-4-1-5-15(12-14)26-20(29)23-9-3-11-27-10-2-6-17(27)28/h1,4-5,12-13H,2-3,6,9-11H2,(H2,23,26,29)(H4,21,22,24,25). The van der Waals surface area contributed by atoms with Crippen molar-refractivity contribution < 1.29 is 9.59 Å². The first kappa shape index (κ1) is 19.9. The molecule has 1 aliphatic rings. The lowest BCUT2D eigenvalue weighted by molar-refractivity contribution is -0.127. The number of amides is 3. The Hall–Kier alpha value is -3.80. The predicted molar refractivity (Wildman–Crippen MR) is 111 cm³/mol. The van der Waals surface area contributed by atoms with E-state index in [-0.39, 0.29) is 23.6 Å². The summed E-state index contributed by atoms with van der Waals surface area (Å²) in [6, 6.07) is 6.78. The van der Waals surface area contributed by atoms with Crippen molar-refractivity contribution >= 4 is 29.3 Å². The van der Waals surface area contributed by atoms with Gasteiger partial charge in [0.2, 0.25) is 5.91 Å². The molecule has 1 aromatic heterocycles. The fourth-order valence-corrected chi connectivity index (χ4v) is 2.94. The molecule has 0 unspecified atom stereocenters. The van der Waals surface area contributed by atoms with Crippen LogP contribution in [0.25, 0.3) is 0 Å². The van der Waals surface area contributed by atoms with Crippen LogP contribution in [0.15, 0.2) is 30.6 Å². The highest BCUT2D eigenvalue weighted by Crippen LogP contribution is 2.14. The van der Waals surface area contributed by atoms with Crippen molar-refractivity contribution in [1.82, 2.24) is 20.2 Å². The lowest BCUT2D eigenvalue weighted by atomic mass is 10.2. The van der Waals surface area contributed by atoms with E-state index in [1.54, 1.807) is 24.3 Å². The second kappa shape index (κ2) is 9.41. The first-order valence-corrected chi connectivity index (χ1v) is 9.33. The highest BCUT2D eigenvalue weighted by molar-refractivity contribution is 5.89. The van der Waals surface area contributed by atoms with Gasteiger partial charge in [0.25, 0.3) is 0 Å². The Morgan fingerprint density at radius 2 is 2.00 bits per heavy atom. The fourth-order valence-electron chi connectivity index (χ4n) is 2.94. The molecule has 2 heterocycles. The Labute approximate surface area is 168 Å². The summed E-state index contributed by atoms with van der Waals surface area (Å²) in [6.45, 7) is 1.96. The highest BCUT2D eigenvalue weighted by atomic mass is 16.2. The zero-order chi connectivity index (χ0) is 20.6. The van der Waals surface area contributed by atoms with Crippen molar-refractivity contribution in [3.05, 3.63) is 41.7 Å². The van der Waals surface area contributed by atoms with Gasteiger partial charge in [-0.15, -0.1) is 0 Å². The molecular formula is C20H23N7O2. The number of benzene rings is 1. The third-order valence-electron chi connectivity index (χ3n) is 4.42. The average molecular weight is 393 g/mol. The minimum atomic E-state index is -0.312. The van der Waals surface area contributed by atoms with Gasteiger partial charge in [-0.05, 0) is 31.0 Å². The monoisotopic (exact) mass is 393 g/mol. The average Bonchev–Trinajstić information content (AvgIpc) is 3.10. The number of rotatable bonds is 5. The molecule has 1 fully saturated rings. The molecule has 0 radical (unpaired) electrons. The van der Waals surface area contributed by atoms with Crippen LogP contribution in [0.2, 0.25) is 0 Å². The van der Waals surface area contributed by atoms with Gasteiger partial charge in [-0.25, -0.2) is 14.8 Å². The van der Waals surface area contributed by atoms with Gasteiger partial charge in [0.15, 0.2) is 0 Å². The van der Waals surface area contributed by atoms with Crippen LogP contribution >= 0.6 is 0 Å². The van der Waals surface area contributed by atoms with E-state index in [0.717, 1.165) is 13.0 Å². The number of nitrogen functional groups attached to an aromatic ring is 2. The van der Waals surface area contributed by atoms with E-state index in [1.807, 2.05) is 4.90 Å². The van der Waals surface area contributed by atoms with Crippen molar-refractivity contribution in [2.45, 2.75) is 19.3 Å². The number of nitrogens with zero attached hydrogens (tertiary/aromatic N) is 3. The van der Waals surface area contributed by atoms with E-state index >= 15 is 0 Å². The third kappa shape index (κ3) is 5.59. The number of carbonyl (C=O) groups excluding carboxylic acids is 2. The summed E-state index contributed by atoms with van der Waals surface area (Å²) in [5, 5.41) is 5.56. The molecule has 2 aromatic rings. The summed E-state index contributed by atoms with van der Waals surface area (Å²) in [6.07, 6.45) is 3.54. The van der Waals surface area contributed by atoms with Crippen molar-refractivity contribution in [2.75, 3.05) is 36.4 Å². The molecule has 0 saturated carbocycles. The molecule has 1 aliphatic heterocycles. The predicted octanol–water partition coefficient (Wildman–Crippen LogP) is 1.17. The molecule has 9 heteroatoms. The number of hydrogen-bond donors (Lipinski definition) is 4. The van der Waals surface area contributed by atoms with Crippen molar-refractivity contribution in [2.24, 2.45) is 0 Å². The van der Waals surface area contributed by atoms with E-state index < -0.39 is 0 Å². The Bertz CT molecular complexity index is 945. The van der Waals surface area contributed by atoms with Gasteiger partial charge >= 0.3 is 6.03 Å². The maximum absolute atomic E-state index is 12.1. The Balaban J connectivity index is 1.51. The number of carbonyl (C=O) groups is 2. The number of aromatic nitrogens is 2. The smallest absolute Gasteiger partial charge is 0.319 e. The van der Waals surface area contributed by atoms with Gasteiger partial charge in [-0.2, -0.15) is 0 Å². The third-order valence-corrected chi connectivity index (χ3v) is 4.42. The van der Waals surface area contributed by atoms with Gasteiger partial charge in [0.1, 0.15) is 23.5 Å². The summed E-state index contributed by atoms with van der Waals surface area (Å²) in [7, 11) is 0. The van der Waals surface area contributed by atoms with Crippen LogP contribution in [0.1, 0.15) is 30.4 Å². The Morgan fingerprint density at radius 3 is 2.72 bits per heavy atom. The van der Waals surface area contributed by atoms with Crippen LogP contribution in [0.4, 0.5) is 22.1 Å². The molecule has 9 nitrogen and oxygen atoms in total. The normalized spacial score (nSPS) is 13.0. The van der Waals surface area contributed by atoms with Crippen LogP contribution in [0, 0.1) is 11.8 Å². The van der Waals surface area contributed by atoms with E-state index in [9.17, 15) is 9.59 Å². The Kier molecular flexibility index (Phi) is 6.47. The molecule has 29 heavy (non-hydrogen) atoms. The van der Waals surface area contributed by atoms with Crippen molar-refractivity contribution in [1.29, 1.82) is 0 Å². The second-order valence-corrected chi connectivity index (χ2v) is 6.57. The Morgan fingerprint density at radius 1 is 1.21 bits per heavy atom. The molecule has 6 N–H and O–H groups in total. The minimum Gasteiger partial charge on any atom is -0.382 e. The van der Waals surface area contributed by atoms with E-state index in [0.29, 0.717) is 42.7 Å². The number of hydrogen-bond acceptors (Lipinski definition) is 6. The largest absolute Gasteiger partial charge is 0.382 e. The van der Waals surface area contributed by atoms with Gasteiger partial charge in [-0.1, -0.05) is 17.9 Å². The quantitative estimate of drug-likeness (QED) is 0.444. The summed E-state index contributed by atoms with van der Waals surface area (Å²) in [4.78, 5) is 33.2. The molecular weight excluding hydrogens is 370 g/mol. The summed E-state index contributed by atoms with van der Waals surface area (Å²) in [5.74, 6) is 6.44. The zero-order valence-electron chi connectivity index (χ0n) is 15.9. The van der Waals surface area contributed by atoms with Crippen LogP contribution < -0.4 is 22.1 Å². The fraction of sp³-hybridized carbons (Fsp3) is 0.300. The number of nitrogens with one attached hydrogen (secondary N) is 2. The molecule has 3 rings (SSSR count). The van der Waals surface area contributed by atoms with Gasteiger partial charge < -0.3 is 27.0 Å². The maximum atomic E-state index is 12.1. The van der Waals surface area contributed by atoms with E-state index in [1.165, 1.54) is 6.33 Å². The van der Waals surface area contributed by atoms with E-state index in [2.05, 4.69) is 32.4 Å². The van der Waals surface area contributed by atoms with Crippen LogP contribution in [0.3, 0.4) is 0 Å². The number of nitrogens with two attached hydrogens (primary N) is 2. The molecule has 150 valence electrons. The van der Waals surface area contributed by atoms with Crippen LogP contribution in [0.5, 0.6) is 0 Å². The van der Waals surface area contributed by atoms with Gasteiger partial charge in [-0.3, -0.25) is 4.79 Å². The molecule has 1 aromatic carbocycles. The topological polar surface area (TPSA) is 139 Å². The van der Waals surface area contributed by atoms with Crippen molar-refractivity contribution in [3.63, 3.8) is 0 Å². The van der Waals surface area contributed by atoms with E-state index in [4.69, 9.17) is 11.5 Å². The lowest BCUT2D eigenvalue weighted by Gasteiger charge is -2.15.